The van der Waals surface area contributed by atoms with Crippen molar-refractivity contribution in [2.45, 2.75) is 39.2 Å². The molecule has 3 N–H and O–H groups in total. The fraction of sp³-hybridized carbons (Fsp3) is 0.467. The number of carbonyl (C=O) groups excluding carboxylic acids is 1. The molecule has 0 heterocycles. The minimum atomic E-state index is -1.06. The van der Waals surface area contributed by atoms with Crippen LogP contribution in [0, 0.1) is 0 Å². The Morgan fingerprint density at radius 1 is 1.29 bits per heavy atom. The summed E-state index contributed by atoms with van der Waals surface area (Å²) >= 11 is 5.96. The number of carbonyl (C=O) groups is 2. The number of carboxylic acids is 1. The van der Waals surface area contributed by atoms with Gasteiger partial charge in [-0.3, -0.25) is 4.79 Å². The molecular formula is C15H21ClN2O3. The van der Waals surface area contributed by atoms with Crippen LogP contribution in [-0.4, -0.2) is 29.1 Å². The van der Waals surface area contributed by atoms with Gasteiger partial charge in [-0.05, 0) is 38.0 Å². The average molecular weight is 313 g/mol. The lowest BCUT2D eigenvalue weighted by Gasteiger charge is -2.28. The summed E-state index contributed by atoms with van der Waals surface area (Å²) in [6.07, 6.45) is 1.82. The number of hydrogen-bond donors (Lipinski definition) is 3. The summed E-state index contributed by atoms with van der Waals surface area (Å²) in [5, 5.41) is 15.1. The van der Waals surface area contributed by atoms with Gasteiger partial charge in [0.25, 0.3) is 0 Å². The lowest BCUT2D eigenvalue weighted by Crippen LogP contribution is -2.45. The van der Waals surface area contributed by atoms with Crippen LogP contribution in [0.3, 0.4) is 0 Å². The normalized spacial score (nSPS) is 11.2. The van der Waals surface area contributed by atoms with Crippen LogP contribution in [0.4, 0.5) is 5.69 Å². The predicted molar refractivity (Wildman–Crippen MR) is 84.0 cm³/mol. The van der Waals surface area contributed by atoms with Crippen LogP contribution in [-0.2, 0) is 4.79 Å². The molecule has 0 aliphatic rings. The fourth-order valence-electron chi connectivity index (χ4n) is 1.74. The monoisotopic (exact) mass is 312 g/mol. The molecule has 0 spiro atoms. The molecule has 0 radical (unpaired) electrons. The molecule has 1 rings (SSSR count). The van der Waals surface area contributed by atoms with Gasteiger partial charge in [-0.1, -0.05) is 25.4 Å². The largest absolute Gasteiger partial charge is 0.478 e. The molecule has 0 aliphatic carbocycles. The highest BCUT2D eigenvalue weighted by Crippen LogP contribution is 2.23. The summed E-state index contributed by atoms with van der Waals surface area (Å²) in [7, 11) is 0. The minimum absolute atomic E-state index is 0.0783. The lowest BCUT2D eigenvalue weighted by atomic mass is 9.96. The summed E-state index contributed by atoms with van der Waals surface area (Å²) in [4.78, 5) is 22.9. The number of halogens is 1. The first kappa shape index (κ1) is 17.5. The Bertz CT molecular complexity index is 528. The first-order valence-corrected chi connectivity index (χ1v) is 7.27. The van der Waals surface area contributed by atoms with E-state index in [0.717, 1.165) is 12.8 Å². The maximum atomic E-state index is 11.9. The van der Waals surface area contributed by atoms with Crippen LogP contribution < -0.4 is 10.6 Å². The minimum Gasteiger partial charge on any atom is -0.478 e. The molecule has 5 nitrogen and oxygen atoms in total. The summed E-state index contributed by atoms with van der Waals surface area (Å²) in [5.41, 5.74) is 0.289. The van der Waals surface area contributed by atoms with Crippen molar-refractivity contribution in [3.63, 3.8) is 0 Å². The number of benzene rings is 1. The summed E-state index contributed by atoms with van der Waals surface area (Å²) < 4.78 is 0. The Balaban J connectivity index is 2.71. The van der Waals surface area contributed by atoms with E-state index >= 15 is 0 Å². The smallest absolute Gasteiger partial charge is 0.335 e. The molecule has 0 aromatic heterocycles. The van der Waals surface area contributed by atoms with Gasteiger partial charge < -0.3 is 15.7 Å². The molecule has 0 aliphatic heterocycles. The SMILES string of the molecule is CCC(C)(CC)NCC(=O)Nc1cc(C(=O)O)ccc1Cl. The predicted octanol–water partition coefficient (Wildman–Crippen LogP) is 3.15. The second kappa shape index (κ2) is 7.43. The lowest BCUT2D eigenvalue weighted by molar-refractivity contribution is -0.115. The molecule has 0 fully saturated rings. The van der Waals surface area contributed by atoms with E-state index in [-0.39, 0.29) is 23.6 Å². The first-order valence-electron chi connectivity index (χ1n) is 6.89. The molecule has 6 heteroatoms. The molecule has 0 unspecified atom stereocenters. The molecule has 0 saturated carbocycles. The highest BCUT2D eigenvalue weighted by atomic mass is 35.5. The van der Waals surface area contributed by atoms with E-state index in [0.29, 0.717) is 10.7 Å². The van der Waals surface area contributed by atoms with Crippen molar-refractivity contribution in [1.29, 1.82) is 0 Å². The van der Waals surface area contributed by atoms with Gasteiger partial charge in [-0.15, -0.1) is 0 Å². The highest BCUT2D eigenvalue weighted by Gasteiger charge is 2.20. The van der Waals surface area contributed by atoms with Crippen LogP contribution in [0.2, 0.25) is 5.02 Å². The van der Waals surface area contributed by atoms with Crippen molar-refractivity contribution in [1.82, 2.24) is 5.32 Å². The second-order valence-electron chi connectivity index (χ2n) is 5.17. The zero-order valence-electron chi connectivity index (χ0n) is 12.5. The zero-order chi connectivity index (χ0) is 16.0. The number of anilines is 1. The Morgan fingerprint density at radius 3 is 2.43 bits per heavy atom. The molecular weight excluding hydrogens is 292 g/mol. The van der Waals surface area contributed by atoms with Gasteiger partial charge in [0.05, 0.1) is 22.8 Å². The van der Waals surface area contributed by atoms with Gasteiger partial charge in [-0.25, -0.2) is 4.79 Å². The number of nitrogens with one attached hydrogen (secondary N) is 2. The zero-order valence-corrected chi connectivity index (χ0v) is 13.3. The highest BCUT2D eigenvalue weighted by molar-refractivity contribution is 6.33. The topological polar surface area (TPSA) is 78.4 Å². The fourth-order valence-corrected chi connectivity index (χ4v) is 1.91. The summed E-state index contributed by atoms with van der Waals surface area (Å²) in [5.74, 6) is -1.32. The van der Waals surface area contributed by atoms with E-state index < -0.39 is 5.97 Å². The van der Waals surface area contributed by atoms with Gasteiger partial charge in [0.1, 0.15) is 0 Å². The van der Waals surface area contributed by atoms with Crippen molar-refractivity contribution < 1.29 is 14.7 Å². The van der Waals surface area contributed by atoms with Gasteiger partial charge in [0.15, 0.2) is 0 Å². The van der Waals surface area contributed by atoms with Crippen LogP contribution in [0.25, 0.3) is 0 Å². The van der Waals surface area contributed by atoms with E-state index in [1.807, 2.05) is 0 Å². The van der Waals surface area contributed by atoms with Crippen molar-refractivity contribution in [2.24, 2.45) is 0 Å². The summed E-state index contributed by atoms with van der Waals surface area (Å²) in [6, 6.07) is 4.20. The van der Waals surface area contributed by atoms with E-state index in [4.69, 9.17) is 16.7 Å². The van der Waals surface area contributed by atoms with Gasteiger partial charge in [0.2, 0.25) is 5.91 Å². The average Bonchev–Trinajstić information content (AvgIpc) is 2.47. The molecule has 0 atom stereocenters. The maximum Gasteiger partial charge on any atom is 0.335 e. The molecule has 21 heavy (non-hydrogen) atoms. The molecule has 0 bridgehead atoms. The number of amides is 1. The van der Waals surface area contributed by atoms with Gasteiger partial charge in [-0.2, -0.15) is 0 Å². The molecule has 1 aromatic rings. The third-order valence-electron chi connectivity index (χ3n) is 3.72. The Morgan fingerprint density at radius 2 is 1.90 bits per heavy atom. The quantitative estimate of drug-likeness (QED) is 0.722. The van der Waals surface area contributed by atoms with Gasteiger partial charge in [0, 0.05) is 5.54 Å². The molecule has 0 saturated heterocycles. The van der Waals surface area contributed by atoms with Crippen LogP contribution in [0.1, 0.15) is 44.0 Å². The Kier molecular flexibility index (Phi) is 6.18. The molecule has 1 aromatic carbocycles. The van der Waals surface area contributed by atoms with Crippen molar-refractivity contribution in [3.8, 4) is 0 Å². The maximum absolute atomic E-state index is 11.9. The third-order valence-corrected chi connectivity index (χ3v) is 4.05. The standard InChI is InChI=1S/C15H21ClN2O3/c1-4-15(3,5-2)17-9-13(19)18-12-8-10(14(20)21)6-7-11(12)16/h6-8,17H,4-5,9H2,1-3H3,(H,18,19)(H,20,21). The number of rotatable bonds is 7. The van der Waals surface area contributed by atoms with Crippen LogP contribution >= 0.6 is 11.6 Å². The van der Waals surface area contributed by atoms with Crippen molar-refractivity contribution in [3.05, 3.63) is 28.8 Å². The Hall–Kier alpha value is -1.59. The number of aromatic carboxylic acids is 1. The Labute approximate surface area is 129 Å². The first-order chi connectivity index (χ1) is 9.81. The van der Waals surface area contributed by atoms with E-state index in [9.17, 15) is 9.59 Å². The third kappa shape index (κ3) is 5.02. The van der Waals surface area contributed by atoms with Crippen molar-refractivity contribution >= 4 is 29.2 Å². The second-order valence-corrected chi connectivity index (χ2v) is 5.58. The molecule has 116 valence electrons. The van der Waals surface area contributed by atoms with E-state index in [2.05, 4.69) is 31.4 Å². The van der Waals surface area contributed by atoms with Crippen molar-refractivity contribution in [2.75, 3.05) is 11.9 Å². The summed E-state index contributed by atoms with van der Waals surface area (Å²) in [6.45, 7) is 6.31. The number of hydrogen-bond acceptors (Lipinski definition) is 3. The van der Waals surface area contributed by atoms with Crippen LogP contribution in [0.5, 0.6) is 0 Å². The number of carboxylic acid groups (broad SMARTS) is 1. The van der Waals surface area contributed by atoms with E-state index in [1.165, 1.54) is 18.2 Å². The van der Waals surface area contributed by atoms with Gasteiger partial charge >= 0.3 is 5.97 Å². The van der Waals surface area contributed by atoms with Crippen LogP contribution in [0.15, 0.2) is 18.2 Å². The van der Waals surface area contributed by atoms with E-state index in [1.54, 1.807) is 0 Å². The molecule has 1 amide bonds.